The standard InChI is InChI=1S/C28H26F6N4/c1-15-7-9-22(17-8-10-21(16(2)35)25(36)11-17)23-5-3-4-6-24(23)26(37-15)38-20-13-18(27(29,30)31)12-19(14-20)28(32,33)34/h3-6,8,10-15,22,35H,7,9,36H2,1-2H3,(H,37,38). The summed E-state index contributed by atoms with van der Waals surface area (Å²) in [6.45, 7) is 3.49. The molecule has 1 aliphatic rings. The Labute approximate surface area is 216 Å². The predicted molar refractivity (Wildman–Crippen MR) is 137 cm³/mol. The number of nitrogen functional groups attached to an aromatic ring is 1. The van der Waals surface area contributed by atoms with Gasteiger partial charge in [0.2, 0.25) is 0 Å². The lowest BCUT2D eigenvalue weighted by molar-refractivity contribution is -0.143. The van der Waals surface area contributed by atoms with E-state index in [1.807, 2.05) is 31.2 Å². The number of hydrogen-bond acceptors (Lipinski definition) is 4. The number of alkyl halides is 6. The smallest absolute Gasteiger partial charge is 0.398 e. The molecule has 38 heavy (non-hydrogen) atoms. The second kappa shape index (κ2) is 10.2. The van der Waals surface area contributed by atoms with Crippen LogP contribution in [0.15, 0.2) is 65.7 Å². The number of anilines is 2. The molecule has 4 nitrogen and oxygen atoms in total. The summed E-state index contributed by atoms with van der Waals surface area (Å²) in [5, 5.41) is 10.7. The van der Waals surface area contributed by atoms with Gasteiger partial charge in [-0.1, -0.05) is 36.4 Å². The highest BCUT2D eigenvalue weighted by molar-refractivity contribution is 6.09. The van der Waals surface area contributed by atoms with E-state index in [0.29, 0.717) is 47.5 Å². The van der Waals surface area contributed by atoms with Gasteiger partial charge in [-0.3, -0.25) is 4.99 Å². The SMILES string of the molecule is CC(=N)c1ccc(C2CCC(C)N=C(Nc3cc(C(F)(F)F)cc(C(F)(F)F)c3)c3ccccc32)cc1N. The van der Waals surface area contributed by atoms with Crippen molar-refractivity contribution in [2.75, 3.05) is 11.1 Å². The van der Waals surface area contributed by atoms with Crippen LogP contribution in [0.25, 0.3) is 0 Å². The molecule has 1 heterocycles. The van der Waals surface area contributed by atoms with Gasteiger partial charge in [0.05, 0.1) is 11.1 Å². The van der Waals surface area contributed by atoms with Crippen molar-refractivity contribution in [1.82, 2.24) is 0 Å². The number of benzene rings is 3. The Hall–Kier alpha value is -3.82. The van der Waals surface area contributed by atoms with Crippen molar-refractivity contribution >= 4 is 22.9 Å². The van der Waals surface area contributed by atoms with E-state index in [4.69, 9.17) is 11.1 Å². The molecule has 0 aromatic heterocycles. The number of fused-ring (bicyclic) bond motifs is 1. The Kier molecular flexibility index (Phi) is 7.27. The van der Waals surface area contributed by atoms with Crippen LogP contribution >= 0.6 is 0 Å². The van der Waals surface area contributed by atoms with E-state index < -0.39 is 23.5 Å². The Balaban J connectivity index is 1.81. The fourth-order valence-electron chi connectivity index (χ4n) is 4.68. The number of halogens is 6. The van der Waals surface area contributed by atoms with Crippen molar-refractivity contribution in [1.29, 1.82) is 5.41 Å². The zero-order chi connectivity index (χ0) is 27.8. The first-order valence-electron chi connectivity index (χ1n) is 11.9. The molecule has 3 aromatic rings. The fraction of sp³-hybridized carbons (Fsp3) is 0.286. The van der Waals surface area contributed by atoms with Crippen LogP contribution < -0.4 is 11.1 Å². The van der Waals surface area contributed by atoms with Gasteiger partial charge in [-0.05, 0) is 62.1 Å². The van der Waals surface area contributed by atoms with Gasteiger partial charge in [0, 0.05) is 40.2 Å². The van der Waals surface area contributed by atoms with Gasteiger partial charge in [0.25, 0.3) is 0 Å². The molecule has 0 spiro atoms. The lowest BCUT2D eigenvalue weighted by atomic mass is 9.82. The number of rotatable bonds is 3. The molecule has 0 bridgehead atoms. The maximum Gasteiger partial charge on any atom is 0.416 e. The Morgan fingerprint density at radius 1 is 0.921 bits per heavy atom. The van der Waals surface area contributed by atoms with Crippen molar-refractivity contribution in [3.63, 3.8) is 0 Å². The van der Waals surface area contributed by atoms with Crippen molar-refractivity contribution in [2.45, 2.75) is 51.0 Å². The first kappa shape index (κ1) is 27.2. The van der Waals surface area contributed by atoms with Crippen LogP contribution in [0.4, 0.5) is 37.7 Å². The maximum atomic E-state index is 13.4. The van der Waals surface area contributed by atoms with Gasteiger partial charge in [-0.15, -0.1) is 0 Å². The molecule has 0 saturated carbocycles. The molecular weight excluding hydrogens is 506 g/mol. The minimum atomic E-state index is -4.96. The Morgan fingerprint density at radius 3 is 2.13 bits per heavy atom. The highest BCUT2D eigenvalue weighted by Gasteiger charge is 2.37. The summed E-state index contributed by atoms with van der Waals surface area (Å²) in [5.74, 6) is 0.0285. The monoisotopic (exact) mass is 532 g/mol. The zero-order valence-corrected chi connectivity index (χ0v) is 20.6. The van der Waals surface area contributed by atoms with Crippen LogP contribution in [0.3, 0.4) is 0 Å². The second-order valence-corrected chi connectivity index (χ2v) is 9.44. The molecule has 0 radical (unpaired) electrons. The molecule has 4 rings (SSSR count). The minimum absolute atomic E-state index is 0.0990. The van der Waals surface area contributed by atoms with Crippen LogP contribution in [0, 0.1) is 5.41 Å². The third-order valence-electron chi connectivity index (χ3n) is 6.55. The highest BCUT2D eigenvalue weighted by Crippen LogP contribution is 2.39. The average molecular weight is 533 g/mol. The van der Waals surface area contributed by atoms with E-state index in [0.717, 1.165) is 11.1 Å². The largest absolute Gasteiger partial charge is 0.416 e. The van der Waals surface area contributed by atoms with E-state index in [-0.39, 0.29) is 29.5 Å². The summed E-state index contributed by atoms with van der Waals surface area (Å²) in [6, 6.07) is 13.8. The average Bonchev–Trinajstić information content (AvgIpc) is 2.82. The summed E-state index contributed by atoms with van der Waals surface area (Å²) in [4.78, 5) is 4.63. The molecule has 200 valence electrons. The van der Waals surface area contributed by atoms with E-state index in [1.54, 1.807) is 25.1 Å². The van der Waals surface area contributed by atoms with E-state index in [1.165, 1.54) is 0 Å². The second-order valence-electron chi connectivity index (χ2n) is 9.44. The Morgan fingerprint density at radius 2 is 1.55 bits per heavy atom. The lowest BCUT2D eigenvalue weighted by Crippen LogP contribution is -2.23. The molecule has 0 fully saturated rings. The molecule has 2 atom stereocenters. The van der Waals surface area contributed by atoms with Crippen LogP contribution in [-0.2, 0) is 12.4 Å². The molecule has 3 aromatic carbocycles. The van der Waals surface area contributed by atoms with Crippen LogP contribution in [0.1, 0.15) is 66.0 Å². The summed E-state index contributed by atoms with van der Waals surface area (Å²) in [5.41, 5.74) is 6.73. The van der Waals surface area contributed by atoms with Gasteiger partial charge >= 0.3 is 12.4 Å². The van der Waals surface area contributed by atoms with Crippen molar-refractivity contribution in [3.8, 4) is 0 Å². The normalized spacial score (nSPS) is 18.2. The van der Waals surface area contributed by atoms with Crippen LogP contribution in [0.2, 0.25) is 0 Å². The molecule has 4 N–H and O–H groups in total. The van der Waals surface area contributed by atoms with Crippen LogP contribution in [-0.4, -0.2) is 17.6 Å². The molecule has 0 amide bonds. The predicted octanol–water partition coefficient (Wildman–Crippen LogP) is 7.87. The number of aliphatic imine (C=N–C) groups is 1. The number of amidine groups is 1. The number of nitrogens with two attached hydrogens (primary N) is 1. The molecular formula is C28H26F6N4. The van der Waals surface area contributed by atoms with Crippen LogP contribution in [0.5, 0.6) is 0 Å². The molecule has 0 aliphatic carbocycles. The molecule has 0 saturated heterocycles. The van der Waals surface area contributed by atoms with E-state index in [9.17, 15) is 26.3 Å². The Bertz CT molecular complexity index is 1360. The third kappa shape index (κ3) is 5.84. The topological polar surface area (TPSA) is 74.3 Å². The van der Waals surface area contributed by atoms with Gasteiger partial charge in [0.15, 0.2) is 0 Å². The summed E-state index contributed by atoms with van der Waals surface area (Å²) >= 11 is 0. The molecule has 2 unspecified atom stereocenters. The van der Waals surface area contributed by atoms with Crippen molar-refractivity contribution in [3.05, 3.63) is 94.0 Å². The number of nitrogens with one attached hydrogen (secondary N) is 2. The maximum absolute atomic E-state index is 13.4. The first-order valence-corrected chi connectivity index (χ1v) is 11.9. The van der Waals surface area contributed by atoms with Gasteiger partial charge in [-0.2, -0.15) is 26.3 Å². The third-order valence-corrected chi connectivity index (χ3v) is 6.55. The first-order chi connectivity index (χ1) is 17.7. The van der Waals surface area contributed by atoms with E-state index >= 15 is 0 Å². The zero-order valence-electron chi connectivity index (χ0n) is 20.6. The fourth-order valence-corrected chi connectivity index (χ4v) is 4.68. The number of hydrogen-bond donors (Lipinski definition) is 3. The van der Waals surface area contributed by atoms with Crippen molar-refractivity contribution in [2.24, 2.45) is 4.99 Å². The van der Waals surface area contributed by atoms with Crippen molar-refractivity contribution < 1.29 is 26.3 Å². The summed E-state index contributed by atoms with van der Waals surface area (Å²) < 4.78 is 80.6. The minimum Gasteiger partial charge on any atom is -0.398 e. The summed E-state index contributed by atoms with van der Waals surface area (Å²) in [6.07, 6.45) is -8.61. The van der Waals surface area contributed by atoms with Gasteiger partial charge in [0.1, 0.15) is 5.84 Å². The molecule has 10 heteroatoms. The van der Waals surface area contributed by atoms with Gasteiger partial charge < -0.3 is 16.5 Å². The molecule has 1 aliphatic heterocycles. The van der Waals surface area contributed by atoms with E-state index in [2.05, 4.69) is 10.3 Å². The summed E-state index contributed by atoms with van der Waals surface area (Å²) in [7, 11) is 0. The quantitative estimate of drug-likeness (QED) is 0.182. The van der Waals surface area contributed by atoms with Gasteiger partial charge in [-0.25, -0.2) is 0 Å². The highest BCUT2D eigenvalue weighted by atomic mass is 19.4. The number of nitrogens with zero attached hydrogens (tertiary/aromatic N) is 1. The lowest BCUT2D eigenvalue weighted by Gasteiger charge is -2.27.